The SMILES string of the molecule is FC(F)(F)c1cccc(CNC2CCCCC2NCc2cccc(C(F)(F)F)c2)c1. The zero-order valence-corrected chi connectivity index (χ0v) is 16.3. The summed E-state index contributed by atoms with van der Waals surface area (Å²) in [5.74, 6) is 0. The van der Waals surface area contributed by atoms with E-state index in [1.54, 1.807) is 12.1 Å². The number of hydrogen-bond acceptors (Lipinski definition) is 2. The van der Waals surface area contributed by atoms with Crippen molar-refractivity contribution in [2.24, 2.45) is 0 Å². The van der Waals surface area contributed by atoms with Crippen LogP contribution in [-0.4, -0.2) is 12.1 Å². The van der Waals surface area contributed by atoms with E-state index in [2.05, 4.69) is 10.6 Å². The summed E-state index contributed by atoms with van der Waals surface area (Å²) in [6.07, 6.45) is -5.03. The van der Waals surface area contributed by atoms with Crippen molar-refractivity contribution in [2.45, 2.75) is 63.2 Å². The number of hydrogen-bond donors (Lipinski definition) is 2. The Kier molecular flexibility index (Phi) is 7.08. The quantitative estimate of drug-likeness (QED) is 0.557. The highest BCUT2D eigenvalue weighted by Gasteiger charge is 2.31. The minimum Gasteiger partial charge on any atom is -0.308 e. The number of benzene rings is 2. The van der Waals surface area contributed by atoms with E-state index in [1.165, 1.54) is 12.1 Å². The van der Waals surface area contributed by atoms with Crippen molar-refractivity contribution < 1.29 is 26.3 Å². The number of alkyl halides is 6. The Balaban J connectivity index is 1.59. The van der Waals surface area contributed by atoms with Gasteiger partial charge in [0.1, 0.15) is 0 Å². The van der Waals surface area contributed by atoms with Crippen molar-refractivity contribution in [3.63, 3.8) is 0 Å². The summed E-state index contributed by atoms with van der Waals surface area (Å²) in [4.78, 5) is 0. The predicted octanol–water partition coefficient (Wildman–Crippen LogP) is 5.91. The first-order valence-electron chi connectivity index (χ1n) is 9.92. The fourth-order valence-electron chi connectivity index (χ4n) is 3.83. The van der Waals surface area contributed by atoms with Crippen molar-refractivity contribution in [3.05, 3.63) is 70.8 Å². The molecule has 2 nitrogen and oxygen atoms in total. The number of halogens is 6. The average molecular weight is 430 g/mol. The maximum atomic E-state index is 12.9. The van der Waals surface area contributed by atoms with Gasteiger partial charge in [-0.25, -0.2) is 0 Å². The molecule has 0 radical (unpaired) electrons. The third kappa shape index (κ3) is 6.22. The first kappa shape index (κ1) is 22.6. The van der Waals surface area contributed by atoms with Gasteiger partial charge in [0.05, 0.1) is 11.1 Å². The average Bonchev–Trinajstić information content (AvgIpc) is 2.70. The van der Waals surface area contributed by atoms with Crippen molar-refractivity contribution in [1.82, 2.24) is 10.6 Å². The van der Waals surface area contributed by atoms with Gasteiger partial charge in [0.25, 0.3) is 0 Å². The smallest absolute Gasteiger partial charge is 0.308 e. The van der Waals surface area contributed by atoms with Gasteiger partial charge in [0, 0.05) is 25.2 Å². The minimum absolute atomic E-state index is 0.0408. The molecule has 2 atom stereocenters. The lowest BCUT2D eigenvalue weighted by atomic mass is 9.90. The summed E-state index contributed by atoms with van der Waals surface area (Å²) in [5, 5.41) is 6.66. The topological polar surface area (TPSA) is 24.1 Å². The van der Waals surface area contributed by atoms with Crippen LogP contribution >= 0.6 is 0 Å². The number of nitrogens with one attached hydrogen (secondary N) is 2. The van der Waals surface area contributed by atoms with Gasteiger partial charge in [0.2, 0.25) is 0 Å². The minimum atomic E-state index is -4.38. The van der Waals surface area contributed by atoms with Gasteiger partial charge in [0.15, 0.2) is 0 Å². The Hall–Kier alpha value is -2.06. The van der Waals surface area contributed by atoms with Crippen molar-refractivity contribution in [1.29, 1.82) is 0 Å². The zero-order valence-electron chi connectivity index (χ0n) is 16.3. The van der Waals surface area contributed by atoms with Gasteiger partial charge in [-0.15, -0.1) is 0 Å². The lowest BCUT2D eigenvalue weighted by molar-refractivity contribution is -0.138. The molecule has 0 aliphatic heterocycles. The van der Waals surface area contributed by atoms with Crippen LogP contribution in [0.15, 0.2) is 48.5 Å². The molecule has 2 unspecified atom stereocenters. The molecule has 0 spiro atoms. The first-order valence-corrected chi connectivity index (χ1v) is 9.92. The molecular formula is C22H24F6N2. The molecule has 2 aromatic carbocycles. The molecule has 2 aromatic rings. The summed E-state index contributed by atoms with van der Waals surface area (Å²) in [5.41, 5.74) is -0.256. The molecule has 0 heterocycles. The standard InChI is InChI=1S/C22H24F6N2/c23-21(24,25)17-7-3-5-15(11-17)13-29-19-9-1-2-10-20(19)30-14-16-6-4-8-18(12-16)22(26,27)28/h3-8,11-12,19-20,29-30H,1-2,9-10,13-14H2. The summed E-state index contributed by atoms with van der Waals surface area (Å²) in [6, 6.07) is 10.5. The lowest BCUT2D eigenvalue weighted by Crippen LogP contribution is -2.49. The summed E-state index contributed by atoms with van der Waals surface area (Å²) in [6.45, 7) is 0.604. The highest BCUT2D eigenvalue weighted by Crippen LogP contribution is 2.30. The summed E-state index contributed by atoms with van der Waals surface area (Å²) >= 11 is 0. The zero-order chi connectivity index (χ0) is 21.8. The molecule has 1 aliphatic carbocycles. The van der Waals surface area contributed by atoms with Crippen LogP contribution in [0.2, 0.25) is 0 Å². The van der Waals surface area contributed by atoms with E-state index in [9.17, 15) is 26.3 Å². The van der Waals surface area contributed by atoms with Crippen LogP contribution < -0.4 is 10.6 Å². The highest BCUT2D eigenvalue weighted by molar-refractivity contribution is 5.26. The van der Waals surface area contributed by atoms with Gasteiger partial charge in [-0.1, -0.05) is 49.2 Å². The van der Waals surface area contributed by atoms with Gasteiger partial charge in [-0.05, 0) is 36.1 Å². The summed E-state index contributed by atoms with van der Waals surface area (Å²) < 4.78 is 77.3. The van der Waals surface area contributed by atoms with E-state index in [0.717, 1.165) is 49.9 Å². The van der Waals surface area contributed by atoms with E-state index in [-0.39, 0.29) is 12.1 Å². The van der Waals surface area contributed by atoms with E-state index < -0.39 is 23.5 Å². The Morgan fingerprint density at radius 2 is 1.07 bits per heavy atom. The molecule has 0 amide bonds. The molecule has 8 heteroatoms. The Labute approximate surface area is 171 Å². The van der Waals surface area contributed by atoms with Gasteiger partial charge < -0.3 is 10.6 Å². The molecule has 1 aliphatic rings. The Bertz CT molecular complexity index is 761. The van der Waals surface area contributed by atoms with Crippen LogP contribution in [0, 0.1) is 0 Å². The second-order valence-electron chi connectivity index (χ2n) is 7.66. The van der Waals surface area contributed by atoms with Crippen LogP contribution in [0.1, 0.15) is 47.9 Å². The van der Waals surface area contributed by atoms with Crippen molar-refractivity contribution >= 4 is 0 Å². The van der Waals surface area contributed by atoms with Crippen LogP contribution in [0.5, 0.6) is 0 Å². The van der Waals surface area contributed by atoms with Gasteiger partial charge in [-0.2, -0.15) is 26.3 Å². The Morgan fingerprint density at radius 1 is 0.667 bits per heavy atom. The lowest BCUT2D eigenvalue weighted by Gasteiger charge is -2.33. The molecule has 0 aromatic heterocycles. The molecule has 164 valence electrons. The second kappa shape index (κ2) is 9.39. The maximum Gasteiger partial charge on any atom is 0.416 e. The molecule has 1 saturated carbocycles. The predicted molar refractivity (Wildman–Crippen MR) is 103 cm³/mol. The Morgan fingerprint density at radius 3 is 1.43 bits per heavy atom. The largest absolute Gasteiger partial charge is 0.416 e. The fraction of sp³-hybridized carbons (Fsp3) is 0.455. The van der Waals surface area contributed by atoms with E-state index >= 15 is 0 Å². The first-order chi connectivity index (χ1) is 14.1. The van der Waals surface area contributed by atoms with Crippen LogP contribution in [-0.2, 0) is 25.4 Å². The molecule has 1 fully saturated rings. The molecule has 2 N–H and O–H groups in total. The third-order valence-electron chi connectivity index (χ3n) is 5.41. The van der Waals surface area contributed by atoms with Crippen molar-refractivity contribution in [3.8, 4) is 0 Å². The van der Waals surface area contributed by atoms with E-state index in [4.69, 9.17) is 0 Å². The second-order valence-corrected chi connectivity index (χ2v) is 7.66. The fourth-order valence-corrected chi connectivity index (χ4v) is 3.83. The monoisotopic (exact) mass is 430 g/mol. The van der Waals surface area contributed by atoms with Crippen LogP contribution in [0.25, 0.3) is 0 Å². The van der Waals surface area contributed by atoms with Gasteiger partial charge in [-0.3, -0.25) is 0 Å². The normalized spacial score (nSPS) is 20.3. The molecule has 3 rings (SSSR count). The highest BCUT2D eigenvalue weighted by atomic mass is 19.4. The molecule has 0 bridgehead atoms. The summed E-state index contributed by atoms with van der Waals surface area (Å²) in [7, 11) is 0. The van der Waals surface area contributed by atoms with Crippen LogP contribution in [0.4, 0.5) is 26.3 Å². The van der Waals surface area contributed by atoms with Crippen molar-refractivity contribution in [2.75, 3.05) is 0 Å². The molecule has 0 saturated heterocycles. The maximum absolute atomic E-state index is 12.9. The molecule has 30 heavy (non-hydrogen) atoms. The van der Waals surface area contributed by atoms with E-state index in [1.807, 2.05) is 0 Å². The van der Waals surface area contributed by atoms with E-state index in [0.29, 0.717) is 24.2 Å². The number of rotatable bonds is 6. The van der Waals surface area contributed by atoms with Gasteiger partial charge >= 0.3 is 12.4 Å². The molecular weight excluding hydrogens is 406 g/mol. The van der Waals surface area contributed by atoms with Crippen LogP contribution in [0.3, 0.4) is 0 Å². The third-order valence-corrected chi connectivity index (χ3v) is 5.41.